The molecular formula is C75H124O6. The van der Waals surface area contributed by atoms with Crippen LogP contribution in [0.5, 0.6) is 0 Å². The first-order valence-corrected chi connectivity index (χ1v) is 33.7. The Balaban J connectivity index is 4.15. The van der Waals surface area contributed by atoms with Gasteiger partial charge in [-0.25, -0.2) is 0 Å². The van der Waals surface area contributed by atoms with Crippen LogP contribution in [0.15, 0.2) is 134 Å². The van der Waals surface area contributed by atoms with E-state index in [1.807, 2.05) is 0 Å². The summed E-state index contributed by atoms with van der Waals surface area (Å²) in [7, 11) is 0. The molecule has 0 aromatic carbocycles. The lowest BCUT2D eigenvalue weighted by molar-refractivity contribution is -0.167. The third-order valence-corrected chi connectivity index (χ3v) is 14.2. The van der Waals surface area contributed by atoms with E-state index in [2.05, 4.69) is 154 Å². The fraction of sp³-hybridized carbons (Fsp3) is 0.667. The molecule has 0 saturated carbocycles. The van der Waals surface area contributed by atoms with Gasteiger partial charge in [0.15, 0.2) is 6.10 Å². The number of allylic oxidation sites excluding steroid dienone is 22. The highest BCUT2D eigenvalue weighted by atomic mass is 16.6. The number of esters is 3. The molecule has 0 aliphatic heterocycles. The van der Waals surface area contributed by atoms with Crippen molar-refractivity contribution in [3.8, 4) is 0 Å². The number of hydrogen-bond donors (Lipinski definition) is 0. The summed E-state index contributed by atoms with van der Waals surface area (Å²) < 4.78 is 16.9. The number of ether oxygens (including phenoxy) is 3. The van der Waals surface area contributed by atoms with Gasteiger partial charge in [-0.1, -0.05) is 302 Å². The largest absolute Gasteiger partial charge is 0.462 e. The van der Waals surface area contributed by atoms with Crippen LogP contribution >= 0.6 is 0 Å². The summed E-state index contributed by atoms with van der Waals surface area (Å²) in [4.78, 5) is 38.2. The van der Waals surface area contributed by atoms with Crippen molar-refractivity contribution in [1.82, 2.24) is 0 Å². The molecule has 1 atom stereocenters. The van der Waals surface area contributed by atoms with Gasteiger partial charge < -0.3 is 14.2 Å². The predicted octanol–water partition coefficient (Wildman–Crippen LogP) is 23.3. The van der Waals surface area contributed by atoms with Crippen molar-refractivity contribution >= 4 is 17.9 Å². The molecule has 0 N–H and O–H groups in total. The molecule has 0 heterocycles. The normalized spacial score (nSPS) is 13.0. The van der Waals surface area contributed by atoms with Crippen LogP contribution in [0, 0.1) is 0 Å². The van der Waals surface area contributed by atoms with E-state index in [0.29, 0.717) is 19.3 Å². The molecule has 6 nitrogen and oxygen atoms in total. The smallest absolute Gasteiger partial charge is 0.306 e. The summed E-state index contributed by atoms with van der Waals surface area (Å²) in [6, 6.07) is 0. The third-order valence-electron chi connectivity index (χ3n) is 14.2. The quantitative estimate of drug-likeness (QED) is 0.0261. The monoisotopic (exact) mass is 1120 g/mol. The molecule has 0 spiro atoms. The number of rotatable bonds is 60. The van der Waals surface area contributed by atoms with Crippen LogP contribution in [-0.4, -0.2) is 37.2 Å². The van der Waals surface area contributed by atoms with E-state index < -0.39 is 6.10 Å². The molecule has 0 aromatic heterocycles. The average Bonchev–Trinajstić information content (AvgIpc) is 3.47. The van der Waals surface area contributed by atoms with Crippen LogP contribution in [0.25, 0.3) is 0 Å². The van der Waals surface area contributed by atoms with Crippen molar-refractivity contribution in [2.45, 2.75) is 309 Å². The van der Waals surface area contributed by atoms with Crippen molar-refractivity contribution in [3.63, 3.8) is 0 Å². The van der Waals surface area contributed by atoms with Gasteiger partial charge in [0.2, 0.25) is 0 Å². The second-order valence-corrected chi connectivity index (χ2v) is 22.0. The fourth-order valence-electron chi connectivity index (χ4n) is 9.18. The molecule has 81 heavy (non-hydrogen) atoms. The van der Waals surface area contributed by atoms with E-state index in [0.717, 1.165) is 141 Å². The zero-order valence-electron chi connectivity index (χ0n) is 52.8. The Bertz CT molecular complexity index is 1720. The molecule has 6 heteroatoms. The van der Waals surface area contributed by atoms with Crippen LogP contribution in [-0.2, 0) is 28.6 Å². The van der Waals surface area contributed by atoms with E-state index in [4.69, 9.17) is 14.2 Å². The molecular weight excluding hydrogens is 997 g/mol. The SMILES string of the molecule is CC/C=C\C/C=C\C/C=C\C/C=C\C/C=C\C/C=C\C/C=C\CCCCCCCCCCCCCCCC(=O)OCC(COC(=O)CCCCCCCCCCC)OC(=O)CCCCCCCC/C=C\C/C=C\C/C=C\C/C=C\CC. The molecule has 1 unspecified atom stereocenters. The Morgan fingerprint density at radius 2 is 0.481 bits per heavy atom. The first-order valence-electron chi connectivity index (χ1n) is 33.7. The summed E-state index contributed by atoms with van der Waals surface area (Å²) in [5.41, 5.74) is 0. The third kappa shape index (κ3) is 66.2. The average molecular weight is 1120 g/mol. The molecule has 0 saturated heterocycles. The second-order valence-electron chi connectivity index (χ2n) is 22.0. The number of carbonyl (C=O) groups excluding carboxylic acids is 3. The highest BCUT2D eigenvalue weighted by Gasteiger charge is 2.19. The Morgan fingerprint density at radius 1 is 0.259 bits per heavy atom. The van der Waals surface area contributed by atoms with E-state index in [-0.39, 0.29) is 31.1 Å². The van der Waals surface area contributed by atoms with Crippen LogP contribution in [0.1, 0.15) is 303 Å². The molecule has 0 rings (SSSR count). The molecule has 0 aliphatic carbocycles. The van der Waals surface area contributed by atoms with Crippen molar-refractivity contribution in [1.29, 1.82) is 0 Å². The van der Waals surface area contributed by atoms with Crippen molar-refractivity contribution in [2.75, 3.05) is 13.2 Å². The Hall–Kier alpha value is -4.45. The maximum atomic E-state index is 12.9. The minimum Gasteiger partial charge on any atom is -0.462 e. The minimum atomic E-state index is -0.787. The van der Waals surface area contributed by atoms with Gasteiger partial charge in [-0.05, 0) is 116 Å². The van der Waals surface area contributed by atoms with Crippen molar-refractivity contribution < 1.29 is 28.6 Å². The zero-order valence-corrected chi connectivity index (χ0v) is 52.8. The first-order chi connectivity index (χ1) is 40.0. The van der Waals surface area contributed by atoms with Gasteiger partial charge in [0, 0.05) is 19.3 Å². The summed E-state index contributed by atoms with van der Waals surface area (Å²) >= 11 is 0. The topological polar surface area (TPSA) is 78.9 Å². The highest BCUT2D eigenvalue weighted by Crippen LogP contribution is 2.16. The van der Waals surface area contributed by atoms with E-state index in [9.17, 15) is 14.4 Å². The summed E-state index contributed by atoms with van der Waals surface area (Å²) in [6.45, 7) is 6.39. The maximum absolute atomic E-state index is 12.9. The minimum absolute atomic E-state index is 0.0836. The van der Waals surface area contributed by atoms with Crippen molar-refractivity contribution in [2.24, 2.45) is 0 Å². The van der Waals surface area contributed by atoms with Gasteiger partial charge in [0.05, 0.1) is 0 Å². The van der Waals surface area contributed by atoms with E-state index in [1.165, 1.54) is 122 Å². The Labute approximate surface area is 500 Å². The van der Waals surface area contributed by atoms with Gasteiger partial charge in [-0.2, -0.15) is 0 Å². The second kappa shape index (κ2) is 68.1. The molecule has 0 aromatic rings. The maximum Gasteiger partial charge on any atom is 0.306 e. The van der Waals surface area contributed by atoms with E-state index >= 15 is 0 Å². The highest BCUT2D eigenvalue weighted by molar-refractivity contribution is 5.71. The molecule has 0 bridgehead atoms. The molecule has 0 radical (unpaired) electrons. The van der Waals surface area contributed by atoms with Crippen molar-refractivity contribution in [3.05, 3.63) is 134 Å². The van der Waals surface area contributed by atoms with Crippen LogP contribution in [0.4, 0.5) is 0 Å². The lowest BCUT2D eigenvalue weighted by Gasteiger charge is -2.18. The van der Waals surface area contributed by atoms with E-state index in [1.54, 1.807) is 0 Å². The van der Waals surface area contributed by atoms with Gasteiger partial charge in [-0.15, -0.1) is 0 Å². The summed E-state index contributed by atoms with van der Waals surface area (Å²) in [6.07, 6.45) is 96.2. The van der Waals surface area contributed by atoms with Crippen LogP contribution in [0.3, 0.4) is 0 Å². The zero-order chi connectivity index (χ0) is 58.5. The predicted molar refractivity (Wildman–Crippen MR) is 353 cm³/mol. The molecule has 460 valence electrons. The Kier molecular flexibility index (Phi) is 64.3. The van der Waals surface area contributed by atoms with Gasteiger partial charge in [0.25, 0.3) is 0 Å². The van der Waals surface area contributed by atoms with Gasteiger partial charge in [0.1, 0.15) is 13.2 Å². The first kappa shape index (κ1) is 76.5. The van der Waals surface area contributed by atoms with Gasteiger partial charge >= 0.3 is 17.9 Å². The molecule has 0 amide bonds. The number of carbonyl (C=O) groups is 3. The van der Waals surface area contributed by atoms with Crippen LogP contribution in [0.2, 0.25) is 0 Å². The number of unbranched alkanes of at least 4 members (excludes halogenated alkanes) is 27. The molecule has 0 aliphatic rings. The molecule has 0 fully saturated rings. The standard InChI is InChI=1S/C75H124O6/c1-4-7-10-13-16-19-21-23-25-27-29-30-31-32-33-34-35-36-37-38-39-40-41-42-43-44-46-47-49-51-53-56-59-62-65-68-74(77)80-71-72(70-79-73(76)67-64-61-58-55-18-15-12-9-6-3)81-75(78)69-66-63-60-57-54-52-50-48-45-28-26-24-22-20-17-14-11-8-5-2/h7-8,10-11,16-17,19-20,23-26,29-30,32-33,35-36,38-39,45,48,72H,4-6,9,12-15,18,21-22,27-28,31,34,37,40-44,46-47,49-71H2,1-3H3/b10-7-,11-8-,19-16-,20-17-,25-23-,26-24-,30-29-,33-32-,36-35-,39-38-,48-45-. The lowest BCUT2D eigenvalue weighted by Crippen LogP contribution is -2.30. The van der Waals surface area contributed by atoms with Gasteiger partial charge in [-0.3, -0.25) is 14.4 Å². The summed E-state index contributed by atoms with van der Waals surface area (Å²) in [5.74, 6) is -0.896. The van der Waals surface area contributed by atoms with Crippen LogP contribution < -0.4 is 0 Å². The Morgan fingerprint density at radius 3 is 0.753 bits per heavy atom. The fourth-order valence-corrected chi connectivity index (χ4v) is 9.18. The summed E-state index contributed by atoms with van der Waals surface area (Å²) in [5, 5.41) is 0. The number of hydrogen-bond acceptors (Lipinski definition) is 6. The lowest BCUT2D eigenvalue weighted by atomic mass is 10.0.